The Morgan fingerprint density at radius 1 is 1.14 bits per heavy atom. The van der Waals surface area contributed by atoms with Gasteiger partial charge in [0.15, 0.2) is 11.5 Å². The number of fused-ring (bicyclic) bond motifs is 1. The molecule has 0 radical (unpaired) electrons. The van der Waals surface area contributed by atoms with Gasteiger partial charge in [-0.25, -0.2) is 0 Å². The molecule has 154 valence electrons. The Morgan fingerprint density at radius 3 is 2.48 bits per heavy atom. The second-order valence-electron chi connectivity index (χ2n) is 6.57. The number of esters is 1. The van der Waals surface area contributed by atoms with Crippen LogP contribution in [0, 0.1) is 0 Å². The second kappa shape index (κ2) is 9.05. The molecule has 29 heavy (non-hydrogen) atoms. The fourth-order valence-corrected chi connectivity index (χ4v) is 4.11. The van der Waals surface area contributed by atoms with Crippen LogP contribution in [-0.2, 0) is 16.0 Å². The minimum Gasteiger partial charge on any atom is -0.493 e. The molecular formula is C21H21BrClNO5. The average molecular weight is 483 g/mol. The van der Waals surface area contributed by atoms with Gasteiger partial charge in [-0.3, -0.25) is 9.59 Å². The van der Waals surface area contributed by atoms with E-state index >= 15 is 0 Å². The number of benzene rings is 2. The Bertz CT molecular complexity index is 949. The van der Waals surface area contributed by atoms with Crippen molar-refractivity contribution in [3.05, 3.63) is 56.5 Å². The van der Waals surface area contributed by atoms with E-state index in [-0.39, 0.29) is 12.3 Å². The van der Waals surface area contributed by atoms with E-state index in [2.05, 4.69) is 15.9 Å². The van der Waals surface area contributed by atoms with Crippen LogP contribution in [0.2, 0.25) is 5.02 Å². The molecule has 1 unspecified atom stereocenters. The largest absolute Gasteiger partial charge is 0.493 e. The van der Waals surface area contributed by atoms with Gasteiger partial charge in [-0.05, 0) is 47.9 Å². The van der Waals surface area contributed by atoms with Crippen molar-refractivity contribution in [1.82, 2.24) is 4.90 Å². The molecule has 3 rings (SSSR count). The number of hydrogen-bond donors (Lipinski definition) is 0. The van der Waals surface area contributed by atoms with E-state index in [1.807, 2.05) is 12.1 Å². The van der Waals surface area contributed by atoms with Gasteiger partial charge in [0.2, 0.25) is 0 Å². The summed E-state index contributed by atoms with van der Waals surface area (Å²) in [6, 6.07) is 8.34. The molecule has 1 atom stereocenters. The van der Waals surface area contributed by atoms with Gasteiger partial charge in [0.05, 0.1) is 44.4 Å². The summed E-state index contributed by atoms with van der Waals surface area (Å²) in [5.41, 5.74) is 2.21. The first-order chi connectivity index (χ1) is 13.9. The Kier molecular flexibility index (Phi) is 6.70. The first-order valence-electron chi connectivity index (χ1n) is 8.97. The smallest absolute Gasteiger partial charge is 0.307 e. The zero-order chi connectivity index (χ0) is 21.1. The van der Waals surface area contributed by atoms with Crippen molar-refractivity contribution in [2.24, 2.45) is 0 Å². The van der Waals surface area contributed by atoms with Crippen molar-refractivity contribution in [3.8, 4) is 11.5 Å². The number of carbonyl (C=O) groups excluding carboxylic acids is 2. The number of carbonyl (C=O) groups is 2. The van der Waals surface area contributed by atoms with Crippen LogP contribution < -0.4 is 9.47 Å². The summed E-state index contributed by atoms with van der Waals surface area (Å²) in [7, 11) is 4.45. The number of ether oxygens (including phenoxy) is 3. The fourth-order valence-electron chi connectivity index (χ4n) is 3.55. The van der Waals surface area contributed by atoms with Crippen molar-refractivity contribution in [1.29, 1.82) is 0 Å². The molecule has 0 aliphatic carbocycles. The van der Waals surface area contributed by atoms with Gasteiger partial charge in [0.25, 0.3) is 5.91 Å². The van der Waals surface area contributed by atoms with Gasteiger partial charge in [0.1, 0.15) is 0 Å². The molecule has 1 amide bonds. The molecule has 6 nitrogen and oxygen atoms in total. The molecule has 0 aromatic heterocycles. The van der Waals surface area contributed by atoms with Gasteiger partial charge in [-0.2, -0.15) is 0 Å². The van der Waals surface area contributed by atoms with E-state index in [4.69, 9.17) is 25.8 Å². The first-order valence-corrected chi connectivity index (χ1v) is 10.1. The number of rotatable bonds is 5. The predicted octanol–water partition coefficient (Wildman–Crippen LogP) is 4.42. The van der Waals surface area contributed by atoms with E-state index in [9.17, 15) is 9.59 Å². The monoisotopic (exact) mass is 481 g/mol. The lowest BCUT2D eigenvalue weighted by molar-refractivity contribution is -0.141. The van der Waals surface area contributed by atoms with Crippen LogP contribution >= 0.6 is 27.5 Å². The van der Waals surface area contributed by atoms with Crippen molar-refractivity contribution in [3.63, 3.8) is 0 Å². The van der Waals surface area contributed by atoms with Crippen LogP contribution in [0.25, 0.3) is 0 Å². The van der Waals surface area contributed by atoms with E-state index in [0.29, 0.717) is 35.1 Å². The maximum absolute atomic E-state index is 13.4. The predicted molar refractivity (Wildman–Crippen MR) is 113 cm³/mol. The Hall–Kier alpha value is -2.25. The Balaban J connectivity index is 2.07. The maximum atomic E-state index is 13.4. The van der Waals surface area contributed by atoms with Crippen LogP contribution in [0.4, 0.5) is 0 Å². The maximum Gasteiger partial charge on any atom is 0.307 e. The topological polar surface area (TPSA) is 65.1 Å². The average Bonchev–Trinajstić information content (AvgIpc) is 2.73. The van der Waals surface area contributed by atoms with E-state index < -0.39 is 12.0 Å². The van der Waals surface area contributed by atoms with Crippen molar-refractivity contribution in [2.45, 2.75) is 18.9 Å². The highest BCUT2D eigenvalue weighted by Gasteiger charge is 2.35. The van der Waals surface area contributed by atoms with E-state index in [1.165, 1.54) is 7.11 Å². The number of methoxy groups -OCH3 is 3. The molecule has 0 saturated carbocycles. The van der Waals surface area contributed by atoms with Gasteiger partial charge in [0, 0.05) is 11.0 Å². The summed E-state index contributed by atoms with van der Waals surface area (Å²) in [5.74, 6) is 0.496. The van der Waals surface area contributed by atoms with Crippen LogP contribution in [0.15, 0.2) is 34.8 Å². The molecule has 2 aromatic carbocycles. The van der Waals surface area contributed by atoms with Gasteiger partial charge < -0.3 is 19.1 Å². The van der Waals surface area contributed by atoms with Crippen LogP contribution in [0.1, 0.15) is 33.9 Å². The lowest BCUT2D eigenvalue weighted by Gasteiger charge is -2.37. The lowest BCUT2D eigenvalue weighted by Crippen LogP contribution is -2.41. The first kappa shape index (κ1) is 21.5. The molecule has 8 heteroatoms. The fraction of sp³-hybridized carbons (Fsp3) is 0.333. The zero-order valence-electron chi connectivity index (χ0n) is 16.3. The van der Waals surface area contributed by atoms with Gasteiger partial charge in [-0.15, -0.1) is 0 Å². The van der Waals surface area contributed by atoms with Crippen LogP contribution in [0.3, 0.4) is 0 Å². The molecule has 0 spiro atoms. The molecule has 1 heterocycles. The minimum absolute atomic E-state index is 0.0242. The van der Waals surface area contributed by atoms with Crippen molar-refractivity contribution < 1.29 is 23.8 Å². The number of nitrogens with zero attached hydrogens (tertiary/aromatic N) is 1. The molecule has 2 aromatic rings. The van der Waals surface area contributed by atoms with E-state index in [0.717, 1.165) is 15.6 Å². The molecule has 0 bridgehead atoms. The third-order valence-corrected chi connectivity index (χ3v) is 5.83. The van der Waals surface area contributed by atoms with Gasteiger partial charge in [-0.1, -0.05) is 27.5 Å². The molecule has 0 saturated heterocycles. The molecule has 0 N–H and O–H groups in total. The number of hydrogen-bond acceptors (Lipinski definition) is 5. The highest BCUT2D eigenvalue weighted by molar-refractivity contribution is 9.10. The normalized spacial score (nSPS) is 15.5. The summed E-state index contributed by atoms with van der Waals surface area (Å²) in [4.78, 5) is 27.2. The third kappa shape index (κ3) is 4.36. The molecule has 0 fully saturated rings. The Morgan fingerprint density at radius 2 is 1.83 bits per heavy atom. The quantitative estimate of drug-likeness (QED) is 0.590. The zero-order valence-corrected chi connectivity index (χ0v) is 18.7. The lowest BCUT2D eigenvalue weighted by atomic mass is 9.89. The van der Waals surface area contributed by atoms with Crippen molar-refractivity contribution in [2.75, 3.05) is 27.9 Å². The minimum atomic E-state index is -0.506. The number of amides is 1. The summed E-state index contributed by atoms with van der Waals surface area (Å²) < 4.78 is 16.4. The third-order valence-electron chi connectivity index (χ3n) is 5.01. The summed E-state index contributed by atoms with van der Waals surface area (Å²) in [5, 5.41) is 0.355. The highest BCUT2D eigenvalue weighted by atomic mass is 79.9. The standard InChI is InChI=1S/C21H21BrClNO5/c1-27-18-8-12-6-7-24(21(26)15-9-13(22)4-5-16(15)23)17(11-20(25)29-3)14(12)10-19(18)28-2/h4-5,8-10,17H,6-7,11H2,1-3H3. The van der Waals surface area contributed by atoms with Gasteiger partial charge >= 0.3 is 5.97 Å². The molecular weight excluding hydrogens is 462 g/mol. The highest BCUT2D eigenvalue weighted by Crippen LogP contribution is 2.40. The summed E-state index contributed by atoms with van der Waals surface area (Å²) in [6.07, 6.45) is 0.640. The van der Waals surface area contributed by atoms with Crippen LogP contribution in [0.5, 0.6) is 11.5 Å². The molecule has 1 aliphatic heterocycles. The summed E-state index contributed by atoms with van der Waals surface area (Å²) >= 11 is 9.66. The number of halogens is 2. The second-order valence-corrected chi connectivity index (χ2v) is 7.90. The Labute approximate surface area is 182 Å². The summed E-state index contributed by atoms with van der Waals surface area (Å²) in [6.45, 7) is 0.436. The SMILES string of the molecule is COC(=O)CC1c2cc(OC)c(OC)cc2CCN1C(=O)c1cc(Br)ccc1Cl. The van der Waals surface area contributed by atoms with E-state index in [1.54, 1.807) is 37.3 Å². The molecule has 1 aliphatic rings. The van der Waals surface area contributed by atoms with Crippen molar-refractivity contribution >= 4 is 39.4 Å². The van der Waals surface area contributed by atoms with Crippen LogP contribution in [-0.4, -0.2) is 44.7 Å².